The number of hydrogen-bond acceptors (Lipinski definition) is 5. The second kappa shape index (κ2) is 8.78. The molecule has 0 saturated carbocycles. The summed E-state index contributed by atoms with van der Waals surface area (Å²) in [6.45, 7) is 0. The summed E-state index contributed by atoms with van der Waals surface area (Å²) >= 11 is 3.46. The van der Waals surface area contributed by atoms with E-state index in [4.69, 9.17) is 19.7 Å². The zero-order chi connectivity index (χ0) is 22.9. The molecule has 0 aliphatic heterocycles. The Morgan fingerprint density at radius 1 is 0.844 bits per heavy atom. The summed E-state index contributed by atoms with van der Waals surface area (Å²) in [5, 5.41) is 10.0. The molecule has 0 aliphatic rings. The van der Waals surface area contributed by atoms with Crippen LogP contribution in [0.2, 0.25) is 0 Å². The van der Waals surface area contributed by atoms with E-state index in [1.165, 1.54) is 12.1 Å². The van der Waals surface area contributed by atoms with Gasteiger partial charge in [0, 0.05) is 15.6 Å². The molecule has 3 aromatic carbocycles. The van der Waals surface area contributed by atoms with E-state index in [9.17, 15) is 8.42 Å². The van der Waals surface area contributed by atoms with E-state index in [2.05, 4.69) is 15.9 Å². The minimum absolute atomic E-state index is 0.0405. The number of primary sulfonamides is 1. The van der Waals surface area contributed by atoms with Crippen LogP contribution in [0.5, 0.6) is 11.5 Å². The van der Waals surface area contributed by atoms with Gasteiger partial charge in [-0.25, -0.2) is 18.2 Å². The van der Waals surface area contributed by atoms with Crippen molar-refractivity contribution in [3.8, 4) is 39.7 Å². The smallest absolute Gasteiger partial charge is 0.238 e. The Morgan fingerprint density at radius 3 is 2.06 bits per heavy atom. The van der Waals surface area contributed by atoms with Crippen molar-refractivity contribution in [3.05, 3.63) is 77.3 Å². The van der Waals surface area contributed by atoms with Crippen LogP contribution in [0.3, 0.4) is 0 Å². The summed E-state index contributed by atoms with van der Waals surface area (Å²) in [6, 6.07) is 21.7. The van der Waals surface area contributed by atoms with Gasteiger partial charge in [-0.1, -0.05) is 28.1 Å². The Morgan fingerprint density at radius 2 is 1.47 bits per heavy atom. The van der Waals surface area contributed by atoms with Crippen LogP contribution in [0.15, 0.2) is 82.2 Å². The highest BCUT2D eigenvalue weighted by atomic mass is 79.9. The van der Waals surface area contributed by atoms with Gasteiger partial charge in [-0.15, -0.1) is 0 Å². The molecule has 0 aliphatic carbocycles. The highest BCUT2D eigenvalue weighted by Crippen LogP contribution is 2.34. The molecule has 9 heteroatoms. The van der Waals surface area contributed by atoms with Crippen molar-refractivity contribution >= 4 is 26.0 Å². The number of aromatic nitrogens is 2. The first-order valence-electron chi connectivity index (χ1n) is 9.52. The second-order valence-corrected chi connectivity index (χ2v) is 9.42. The third-order valence-corrected chi connectivity index (χ3v) is 6.40. The number of sulfonamides is 1. The standard InChI is InChI=1S/C23H20BrN3O4S/c1-30-22-12-5-16(13-23(22)31-2)20-14-21(15-3-6-17(24)7-4-15)27(26-20)18-8-10-19(11-9-18)32(25,28)29/h3-14H,1-2H3,(H2,25,28,29). The SMILES string of the molecule is COc1ccc(-c2cc(-c3ccc(Br)cc3)n(-c3ccc(S(N)(=O)=O)cc3)n2)cc1OC. The summed E-state index contributed by atoms with van der Waals surface area (Å²) in [5.41, 5.74) is 4.05. The predicted molar refractivity (Wildman–Crippen MR) is 127 cm³/mol. The third kappa shape index (κ3) is 4.40. The maximum Gasteiger partial charge on any atom is 0.238 e. The van der Waals surface area contributed by atoms with E-state index in [0.29, 0.717) is 17.2 Å². The molecule has 4 aromatic rings. The molecule has 32 heavy (non-hydrogen) atoms. The number of nitrogens with two attached hydrogens (primary N) is 1. The van der Waals surface area contributed by atoms with Crippen LogP contribution in [0.25, 0.3) is 28.2 Å². The van der Waals surface area contributed by atoms with Gasteiger partial charge in [0.1, 0.15) is 0 Å². The highest BCUT2D eigenvalue weighted by Gasteiger charge is 2.16. The molecule has 0 fully saturated rings. The molecule has 7 nitrogen and oxygen atoms in total. The molecule has 1 aromatic heterocycles. The maximum atomic E-state index is 11.6. The van der Waals surface area contributed by atoms with E-state index < -0.39 is 10.0 Å². The average Bonchev–Trinajstić information content (AvgIpc) is 3.24. The van der Waals surface area contributed by atoms with Crippen molar-refractivity contribution in [1.82, 2.24) is 9.78 Å². The first-order valence-corrected chi connectivity index (χ1v) is 11.9. The van der Waals surface area contributed by atoms with Crippen LogP contribution in [-0.2, 0) is 10.0 Å². The van der Waals surface area contributed by atoms with Gasteiger partial charge >= 0.3 is 0 Å². The number of hydrogen-bond donors (Lipinski definition) is 1. The Labute approximate surface area is 194 Å². The molecule has 1 heterocycles. The van der Waals surface area contributed by atoms with Crippen molar-refractivity contribution < 1.29 is 17.9 Å². The predicted octanol–water partition coefficient (Wildman–Crippen LogP) is 4.63. The quantitative estimate of drug-likeness (QED) is 0.405. The molecule has 2 N–H and O–H groups in total. The van der Waals surface area contributed by atoms with Gasteiger partial charge in [-0.3, -0.25) is 0 Å². The lowest BCUT2D eigenvalue weighted by atomic mass is 10.1. The number of nitrogens with zero attached hydrogens (tertiary/aromatic N) is 2. The van der Waals surface area contributed by atoms with E-state index in [-0.39, 0.29) is 4.90 Å². The molecular formula is C23H20BrN3O4S. The second-order valence-electron chi connectivity index (χ2n) is 6.94. The third-order valence-electron chi connectivity index (χ3n) is 4.94. The van der Waals surface area contributed by atoms with E-state index in [1.54, 1.807) is 31.0 Å². The lowest BCUT2D eigenvalue weighted by Gasteiger charge is -2.09. The lowest BCUT2D eigenvalue weighted by Crippen LogP contribution is -2.12. The fourth-order valence-corrected chi connectivity index (χ4v) is 4.10. The summed E-state index contributed by atoms with van der Waals surface area (Å²) < 4.78 is 36.8. The van der Waals surface area contributed by atoms with Crippen LogP contribution in [0.1, 0.15) is 0 Å². The number of rotatable bonds is 6. The topological polar surface area (TPSA) is 96.4 Å². The minimum Gasteiger partial charge on any atom is -0.493 e. The van der Waals surface area contributed by atoms with Gasteiger partial charge in [0.15, 0.2) is 11.5 Å². The molecule has 0 bridgehead atoms. The zero-order valence-corrected chi connectivity index (χ0v) is 19.7. The Balaban J connectivity index is 1.87. The van der Waals surface area contributed by atoms with Gasteiger partial charge < -0.3 is 9.47 Å². The molecule has 164 valence electrons. The van der Waals surface area contributed by atoms with Gasteiger partial charge in [0.2, 0.25) is 10.0 Å². The van der Waals surface area contributed by atoms with Crippen molar-refractivity contribution in [2.45, 2.75) is 4.90 Å². The highest BCUT2D eigenvalue weighted by molar-refractivity contribution is 9.10. The largest absolute Gasteiger partial charge is 0.493 e. The van der Waals surface area contributed by atoms with Gasteiger partial charge in [-0.05, 0) is 60.7 Å². The molecule has 0 amide bonds. The van der Waals surface area contributed by atoms with Crippen molar-refractivity contribution in [1.29, 1.82) is 0 Å². The Kier molecular flexibility index (Phi) is 6.05. The maximum absolute atomic E-state index is 11.6. The zero-order valence-electron chi connectivity index (χ0n) is 17.3. The molecular weight excluding hydrogens is 494 g/mol. The van der Waals surface area contributed by atoms with Crippen LogP contribution in [-0.4, -0.2) is 32.4 Å². The monoisotopic (exact) mass is 513 g/mol. The average molecular weight is 514 g/mol. The van der Waals surface area contributed by atoms with Crippen LogP contribution in [0.4, 0.5) is 0 Å². The number of ether oxygens (including phenoxy) is 2. The fraction of sp³-hybridized carbons (Fsp3) is 0.0870. The first-order chi connectivity index (χ1) is 15.3. The van der Waals surface area contributed by atoms with Gasteiger partial charge in [0.05, 0.1) is 36.2 Å². The first kappa shape index (κ1) is 22.1. The summed E-state index contributed by atoms with van der Waals surface area (Å²) in [4.78, 5) is 0.0405. The van der Waals surface area contributed by atoms with Gasteiger partial charge in [0.25, 0.3) is 0 Å². The van der Waals surface area contributed by atoms with E-state index >= 15 is 0 Å². The van der Waals surface area contributed by atoms with E-state index in [1.807, 2.05) is 48.5 Å². The fourth-order valence-electron chi connectivity index (χ4n) is 3.32. The molecule has 0 spiro atoms. The molecule has 4 rings (SSSR count). The summed E-state index contributed by atoms with van der Waals surface area (Å²) in [7, 11) is -0.611. The number of benzene rings is 3. The van der Waals surface area contributed by atoms with Crippen LogP contribution in [0, 0.1) is 0 Å². The normalized spacial score (nSPS) is 11.4. The Bertz CT molecular complexity index is 1370. The van der Waals surface area contributed by atoms with Crippen LogP contribution < -0.4 is 14.6 Å². The number of methoxy groups -OCH3 is 2. The van der Waals surface area contributed by atoms with Gasteiger partial charge in [-0.2, -0.15) is 5.10 Å². The van der Waals surface area contributed by atoms with Crippen molar-refractivity contribution in [3.63, 3.8) is 0 Å². The van der Waals surface area contributed by atoms with E-state index in [0.717, 1.165) is 27.0 Å². The summed E-state index contributed by atoms with van der Waals surface area (Å²) in [6.07, 6.45) is 0. The lowest BCUT2D eigenvalue weighted by molar-refractivity contribution is 0.355. The molecule has 0 atom stereocenters. The molecule has 0 unspecified atom stereocenters. The number of halogens is 1. The van der Waals surface area contributed by atoms with Crippen LogP contribution >= 0.6 is 15.9 Å². The molecule has 0 radical (unpaired) electrons. The molecule has 0 saturated heterocycles. The summed E-state index contributed by atoms with van der Waals surface area (Å²) in [5.74, 6) is 1.23. The van der Waals surface area contributed by atoms with Crippen molar-refractivity contribution in [2.75, 3.05) is 14.2 Å². The van der Waals surface area contributed by atoms with Crippen molar-refractivity contribution in [2.24, 2.45) is 5.14 Å². The minimum atomic E-state index is -3.78. The Hall–Kier alpha value is -3.14.